The van der Waals surface area contributed by atoms with Gasteiger partial charge in [-0.15, -0.1) is 0 Å². The first kappa shape index (κ1) is 17.2. The van der Waals surface area contributed by atoms with Gasteiger partial charge in [0.2, 0.25) is 12.0 Å². The molecule has 0 saturated heterocycles. The van der Waals surface area contributed by atoms with Crippen molar-refractivity contribution < 1.29 is 23.4 Å². The number of aromatic nitrogens is 2. The quantitative estimate of drug-likeness (QED) is 0.771. The van der Waals surface area contributed by atoms with Gasteiger partial charge in [0.25, 0.3) is 5.91 Å². The molecular formula is C16H16ClN3O5. The van der Waals surface area contributed by atoms with Gasteiger partial charge >= 0.3 is 5.97 Å². The van der Waals surface area contributed by atoms with Crippen molar-refractivity contribution in [2.24, 2.45) is 0 Å². The highest BCUT2D eigenvalue weighted by atomic mass is 35.5. The van der Waals surface area contributed by atoms with E-state index in [-0.39, 0.29) is 22.0 Å². The number of halogens is 1. The van der Waals surface area contributed by atoms with Crippen LogP contribution in [-0.4, -0.2) is 28.4 Å². The fraction of sp³-hybridized carbons (Fsp3) is 0.375. The van der Waals surface area contributed by atoms with Gasteiger partial charge in [-0.1, -0.05) is 42.7 Å². The van der Waals surface area contributed by atoms with E-state index in [4.69, 9.17) is 25.4 Å². The maximum absolute atomic E-state index is 12.5. The van der Waals surface area contributed by atoms with Crippen molar-refractivity contribution in [1.29, 1.82) is 0 Å². The van der Waals surface area contributed by atoms with Crippen molar-refractivity contribution in [3.8, 4) is 0 Å². The standard InChI is InChI=1S/C16H16ClN3O5/c1-8-12(17)13(21)20(11-7-10(25-19-11)16(2,3)4)14(8)23-15(22)9-5-6-18-24-9/h5-7,14H,1-4H3. The Morgan fingerprint density at radius 2 is 2.08 bits per heavy atom. The lowest BCUT2D eigenvalue weighted by Gasteiger charge is -2.22. The van der Waals surface area contributed by atoms with E-state index in [1.165, 1.54) is 17.2 Å². The zero-order chi connectivity index (χ0) is 18.4. The predicted molar refractivity (Wildman–Crippen MR) is 86.9 cm³/mol. The van der Waals surface area contributed by atoms with Gasteiger partial charge in [0.1, 0.15) is 10.8 Å². The van der Waals surface area contributed by atoms with Crippen molar-refractivity contribution in [3.63, 3.8) is 0 Å². The van der Waals surface area contributed by atoms with Gasteiger partial charge in [-0.3, -0.25) is 4.79 Å². The molecule has 132 valence electrons. The Morgan fingerprint density at radius 1 is 1.36 bits per heavy atom. The molecule has 1 amide bonds. The maximum atomic E-state index is 12.5. The third kappa shape index (κ3) is 3.05. The van der Waals surface area contributed by atoms with Gasteiger partial charge in [-0.25, -0.2) is 9.69 Å². The van der Waals surface area contributed by atoms with Crippen LogP contribution in [0.2, 0.25) is 0 Å². The predicted octanol–water partition coefficient (Wildman–Crippen LogP) is 3.00. The van der Waals surface area contributed by atoms with Crippen LogP contribution in [0.5, 0.6) is 0 Å². The number of hydrogen-bond acceptors (Lipinski definition) is 7. The Bertz CT molecular complexity index is 848. The second kappa shape index (κ2) is 6.03. The summed E-state index contributed by atoms with van der Waals surface area (Å²) in [5.74, 6) is -0.593. The van der Waals surface area contributed by atoms with Crippen LogP contribution in [0, 0.1) is 0 Å². The van der Waals surface area contributed by atoms with E-state index in [0.29, 0.717) is 11.3 Å². The van der Waals surface area contributed by atoms with E-state index in [1.54, 1.807) is 13.0 Å². The Hall–Kier alpha value is -2.61. The van der Waals surface area contributed by atoms with Gasteiger partial charge in [0.15, 0.2) is 5.82 Å². The minimum Gasteiger partial charge on any atom is -0.431 e. The number of hydrogen-bond donors (Lipinski definition) is 0. The third-order valence-electron chi connectivity index (χ3n) is 3.70. The van der Waals surface area contributed by atoms with Crippen LogP contribution in [0.3, 0.4) is 0 Å². The molecule has 0 N–H and O–H groups in total. The molecule has 0 spiro atoms. The highest BCUT2D eigenvalue weighted by molar-refractivity contribution is 6.45. The normalized spacial score (nSPS) is 18.2. The highest BCUT2D eigenvalue weighted by Gasteiger charge is 2.42. The average Bonchev–Trinajstić information content (AvgIpc) is 3.25. The molecule has 9 heteroatoms. The molecule has 8 nitrogen and oxygen atoms in total. The van der Waals surface area contributed by atoms with Crippen LogP contribution in [0.1, 0.15) is 44.0 Å². The molecule has 0 radical (unpaired) electrons. The van der Waals surface area contributed by atoms with Crippen molar-refractivity contribution in [2.45, 2.75) is 39.3 Å². The van der Waals surface area contributed by atoms with E-state index in [2.05, 4.69) is 10.3 Å². The van der Waals surface area contributed by atoms with Gasteiger partial charge in [-0.2, -0.15) is 0 Å². The molecule has 1 unspecified atom stereocenters. The first-order chi connectivity index (χ1) is 11.7. The summed E-state index contributed by atoms with van der Waals surface area (Å²) in [6.07, 6.45) is 0.271. The number of nitrogens with zero attached hydrogens (tertiary/aromatic N) is 3. The molecule has 1 atom stereocenters. The highest BCUT2D eigenvalue weighted by Crippen LogP contribution is 2.35. The Morgan fingerprint density at radius 3 is 2.64 bits per heavy atom. The van der Waals surface area contributed by atoms with E-state index in [1.807, 2.05) is 20.8 Å². The maximum Gasteiger partial charge on any atom is 0.379 e. The molecule has 1 aliphatic heterocycles. The molecule has 25 heavy (non-hydrogen) atoms. The summed E-state index contributed by atoms with van der Waals surface area (Å²) in [6.45, 7) is 7.44. The summed E-state index contributed by atoms with van der Waals surface area (Å²) < 4.78 is 15.5. The number of rotatable bonds is 3. The number of esters is 1. The molecule has 0 bridgehead atoms. The van der Waals surface area contributed by atoms with Crippen LogP contribution in [0.4, 0.5) is 5.82 Å². The number of carbonyl (C=O) groups excluding carboxylic acids is 2. The zero-order valence-corrected chi connectivity index (χ0v) is 14.8. The fourth-order valence-corrected chi connectivity index (χ4v) is 2.45. The monoisotopic (exact) mass is 365 g/mol. The number of anilines is 1. The molecule has 3 rings (SSSR count). The van der Waals surface area contributed by atoms with Crippen molar-refractivity contribution in [1.82, 2.24) is 10.3 Å². The summed E-state index contributed by atoms with van der Waals surface area (Å²) in [6, 6.07) is 2.98. The van der Waals surface area contributed by atoms with Crippen molar-refractivity contribution in [2.75, 3.05) is 4.90 Å². The summed E-state index contributed by atoms with van der Waals surface area (Å²) >= 11 is 6.06. The van der Waals surface area contributed by atoms with Crippen molar-refractivity contribution in [3.05, 3.63) is 40.5 Å². The minimum absolute atomic E-state index is 0.0318. The van der Waals surface area contributed by atoms with Crippen LogP contribution >= 0.6 is 11.6 Å². The van der Waals surface area contributed by atoms with E-state index < -0.39 is 18.1 Å². The average molecular weight is 366 g/mol. The van der Waals surface area contributed by atoms with E-state index in [0.717, 1.165) is 0 Å². The Labute approximate surface area is 148 Å². The lowest BCUT2D eigenvalue weighted by molar-refractivity contribution is -0.115. The van der Waals surface area contributed by atoms with Gasteiger partial charge in [-0.05, 0) is 6.92 Å². The lowest BCUT2D eigenvalue weighted by Crippen LogP contribution is -2.39. The van der Waals surface area contributed by atoms with Crippen LogP contribution in [0.15, 0.2) is 38.0 Å². The number of ether oxygens (including phenoxy) is 1. The van der Waals surface area contributed by atoms with E-state index >= 15 is 0 Å². The lowest BCUT2D eigenvalue weighted by atomic mass is 9.93. The second-order valence-corrected chi connectivity index (χ2v) is 6.98. The fourth-order valence-electron chi connectivity index (χ4n) is 2.26. The molecular weight excluding hydrogens is 350 g/mol. The van der Waals surface area contributed by atoms with Gasteiger partial charge < -0.3 is 13.8 Å². The summed E-state index contributed by atoms with van der Waals surface area (Å²) in [5.41, 5.74) is 0.0894. The topological polar surface area (TPSA) is 98.7 Å². The Kier molecular flexibility index (Phi) is 4.16. The molecule has 0 aromatic carbocycles. The summed E-state index contributed by atoms with van der Waals surface area (Å²) in [4.78, 5) is 25.8. The molecule has 2 aromatic heterocycles. The van der Waals surface area contributed by atoms with Gasteiger partial charge in [0.05, 0.1) is 6.20 Å². The largest absolute Gasteiger partial charge is 0.431 e. The second-order valence-electron chi connectivity index (χ2n) is 6.61. The first-order valence-electron chi connectivity index (χ1n) is 7.49. The number of carbonyl (C=O) groups is 2. The molecule has 0 aliphatic carbocycles. The SMILES string of the molecule is CC1=C(Cl)C(=O)N(c2cc(C(C)(C)C)on2)C1OC(=O)c1ccno1. The van der Waals surface area contributed by atoms with Crippen LogP contribution in [0.25, 0.3) is 0 Å². The molecule has 3 heterocycles. The van der Waals surface area contributed by atoms with E-state index in [9.17, 15) is 9.59 Å². The van der Waals surface area contributed by atoms with Crippen molar-refractivity contribution >= 4 is 29.3 Å². The molecule has 0 saturated carbocycles. The minimum atomic E-state index is -1.05. The first-order valence-corrected chi connectivity index (χ1v) is 7.86. The van der Waals surface area contributed by atoms with Gasteiger partial charge in [0, 0.05) is 23.1 Å². The molecule has 0 fully saturated rings. The smallest absolute Gasteiger partial charge is 0.379 e. The molecule has 2 aromatic rings. The Balaban J connectivity index is 1.92. The summed E-state index contributed by atoms with van der Waals surface area (Å²) in [5, 5.41) is 7.34. The zero-order valence-electron chi connectivity index (χ0n) is 14.1. The summed E-state index contributed by atoms with van der Waals surface area (Å²) in [7, 11) is 0. The third-order valence-corrected chi connectivity index (χ3v) is 4.16. The number of amides is 1. The molecule has 1 aliphatic rings. The van der Waals surface area contributed by atoms with Crippen LogP contribution in [-0.2, 0) is 14.9 Å². The van der Waals surface area contributed by atoms with Crippen LogP contribution < -0.4 is 4.90 Å².